The number of esters is 1. The number of nitrogens with zero attached hydrogens (tertiary/aromatic N) is 2. The molecular weight excluding hydrogens is 260 g/mol. The molecule has 0 bridgehead atoms. The van der Waals surface area contributed by atoms with Gasteiger partial charge in [0.05, 0.1) is 18.4 Å². The Morgan fingerprint density at radius 2 is 2.00 bits per heavy atom. The number of amides is 2. The highest BCUT2D eigenvalue weighted by Gasteiger charge is 2.60. The van der Waals surface area contributed by atoms with Crippen LogP contribution in [-0.4, -0.2) is 42.5 Å². The number of hydrogen-bond acceptors (Lipinski definition) is 4. The van der Waals surface area contributed by atoms with E-state index in [0.717, 1.165) is 0 Å². The monoisotopic (exact) mass is 274 g/mol. The molecule has 0 aliphatic carbocycles. The number of anilines is 1. The number of likely N-dealkylation sites (N-methyl/N-ethyl adjacent to an activating group) is 1. The quantitative estimate of drug-likeness (QED) is 0.709. The van der Waals surface area contributed by atoms with Crippen molar-refractivity contribution in [3.63, 3.8) is 0 Å². The van der Waals surface area contributed by atoms with E-state index in [1.807, 2.05) is 0 Å². The summed E-state index contributed by atoms with van der Waals surface area (Å²) >= 11 is 0. The largest absolute Gasteiger partial charge is 0.466 e. The van der Waals surface area contributed by atoms with E-state index in [1.165, 1.54) is 24.0 Å². The van der Waals surface area contributed by atoms with E-state index in [2.05, 4.69) is 0 Å². The molecule has 2 heterocycles. The van der Waals surface area contributed by atoms with Crippen LogP contribution in [0.15, 0.2) is 24.3 Å². The number of ether oxygens (including phenoxy) is 1. The molecule has 20 heavy (non-hydrogen) atoms. The number of fused-ring (bicyclic) bond motifs is 3. The lowest BCUT2D eigenvalue weighted by Gasteiger charge is -2.46. The zero-order valence-corrected chi connectivity index (χ0v) is 11.3. The Morgan fingerprint density at radius 3 is 2.70 bits per heavy atom. The predicted molar refractivity (Wildman–Crippen MR) is 70.0 cm³/mol. The molecule has 1 fully saturated rings. The van der Waals surface area contributed by atoms with Gasteiger partial charge in [0.2, 0.25) is 11.6 Å². The first kappa shape index (κ1) is 12.7. The summed E-state index contributed by atoms with van der Waals surface area (Å²) in [5.74, 6) is -1.05. The van der Waals surface area contributed by atoms with Crippen LogP contribution >= 0.6 is 0 Å². The Labute approximate surface area is 115 Å². The van der Waals surface area contributed by atoms with Gasteiger partial charge in [0, 0.05) is 19.9 Å². The van der Waals surface area contributed by atoms with Gasteiger partial charge in [-0.25, -0.2) is 4.79 Å². The minimum Gasteiger partial charge on any atom is -0.466 e. The Hall–Kier alpha value is -2.37. The van der Waals surface area contributed by atoms with Crippen LogP contribution in [0.1, 0.15) is 23.2 Å². The number of carbonyl (C=O) groups is 3. The zero-order valence-electron chi connectivity index (χ0n) is 11.3. The molecule has 2 amide bonds. The molecule has 1 saturated heterocycles. The first-order valence-electron chi connectivity index (χ1n) is 6.32. The molecule has 6 nitrogen and oxygen atoms in total. The van der Waals surface area contributed by atoms with Gasteiger partial charge < -0.3 is 9.64 Å². The first-order valence-corrected chi connectivity index (χ1v) is 6.32. The first-order chi connectivity index (χ1) is 9.54. The maximum atomic E-state index is 12.5. The number of carbonyl (C=O) groups excluding carboxylic acids is 3. The molecule has 2 aliphatic heterocycles. The normalized spacial score (nSPS) is 24.5. The van der Waals surface area contributed by atoms with Crippen molar-refractivity contribution in [2.75, 3.05) is 19.1 Å². The van der Waals surface area contributed by atoms with Crippen molar-refractivity contribution < 1.29 is 19.1 Å². The van der Waals surface area contributed by atoms with E-state index in [-0.39, 0.29) is 24.7 Å². The molecule has 1 aromatic rings. The van der Waals surface area contributed by atoms with Crippen molar-refractivity contribution in [3.8, 4) is 0 Å². The highest BCUT2D eigenvalue weighted by atomic mass is 16.5. The van der Waals surface area contributed by atoms with Gasteiger partial charge in [0.25, 0.3) is 5.91 Å². The fraction of sp³-hybridized carbons (Fsp3) is 0.357. The summed E-state index contributed by atoms with van der Waals surface area (Å²) in [6.07, 6.45) is 0.454. The Balaban J connectivity index is 2.28. The van der Waals surface area contributed by atoms with E-state index >= 15 is 0 Å². The third-order valence-corrected chi connectivity index (χ3v) is 4.05. The van der Waals surface area contributed by atoms with E-state index in [4.69, 9.17) is 4.74 Å². The van der Waals surface area contributed by atoms with Crippen LogP contribution in [0, 0.1) is 0 Å². The summed E-state index contributed by atoms with van der Waals surface area (Å²) in [6.45, 7) is 0. The van der Waals surface area contributed by atoms with E-state index in [9.17, 15) is 14.4 Å². The lowest BCUT2D eigenvalue weighted by molar-refractivity contribution is -0.153. The van der Waals surface area contributed by atoms with Crippen LogP contribution in [0.5, 0.6) is 0 Å². The molecule has 0 spiro atoms. The van der Waals surface area contributed by atoms with Crippen LogP contribution in [0.2, 0.25) is 0 Å². The highest BCUT2D eigenvalue weighted by molar-refractivity contribution is 6.15. The fourth-order valence-electron chi connectivity index (χ4n) is 3.05. The summed E-state index contributed by atoms with van der Waals surface area (Å²) in [7, 11) is 2.79. The third-order valence-electron chi connectivity index (χ3n) is 4.05. The molecule has 2 aliphatic rings. The molecule has 104 valence electrons. The standard InChI is InChI=1S/C14H14N2O4/c1-15-12(18)9-5-3-4-6-10(9)16-11(17)7-8-14(15,16)13(19)20-2/h3-6H,7-8H2,1-2H3. The smallest absolute Gasteiger partial charge is 0.353 e. The van der Waals surface area contributed by atoms with Gasteiger partial charge in [-0.15, -0.1) is 0 Å². The van der Waals surface area contributed by atoms with Crippen molar-refractivity contribution in [3.05, 3.63) is 29.8 Å². The molecule has 1 unspecified atom stereocenters. The lowest BCUT2D eigenvalue weighted by atomic mass is 9.97. The van der Waals surface area contributed by atoms with Gasteiger partial charge in [0.15, 0.2) is 0 Å². The van der Waals surface area contributed by atoms with Crippen LogP contribution in [0.3, 0.4) is 0 Å². The topological polar surface area (TPSA) is 66.9 Å². The van der Waals surface area contributed by atoms with Crippen molar-refractivity contribution in [2.45, 2.75) is 18.5 Å². The molecule has 0 saturated carbocycles. The van der Waals surface area contributed by atoms with Crippen molar-refractivity contribution in [1.29, 1.82) is 0 Å². The Kier molecular flexibility index (Phi) is 2.57. The van der Waals surface area contributed by atoms with Gasteiger partial charge in [-0.1, -0.05) is 12.1 Å². The molecule has 0 N–H and O–H groups in total. The fourth-order valence-corrected chi connectivity index (χ4v) is 3.05. The third kappa shape index (κ3) is 1.31. The second kappa shape index (κ2) is 4.06. The van der Waals surface area contributed by atoms with Crippen LogP contribution < -0.4 is 4.90 Å². The summed E-state index contributed by atoms with van der Waals surface area (Å²) in [4.78, 5) is 39.7. The Morgan fingerprint density at radius 1 is 1.30 bits per heavy atom. The second-order valence-corrected chi connectivity index (χ2v) is 4.92. The molecular formula is C14H14N2O4. The number of rotatable bonds is 1. The number of benzene rings is 1. The van der Waals surface area contributed by atoms with Crippen LogP contribution in [0.4, 0.5) is 5.69 Å². The minimum atomic E-state index is -1.35. The number of methoxy groups -OCH3 is 1. The van der Waals surface area contributed by atoms with Gasteiger partial charge in [-0.3, -0.25) is 14.5 Å². The maximum absolute atomic E-state index is 12.5. The minimum absolute atomic E-state index is 0.179. The SMILES string of the molecule is COC(=O)C12CCC(=O)N1c1ccccc1C(=O)N2C. The van der Waals surface area contributed by atoms with Gasteiger partial charge >= 0.3 is 5.97 Å². The molecule has 3 rings (SSSR count). The van der Waals surface area contributed by atoms with Gasteiger partial charge in [-0.05, 0) is 12.1 Å². The number of hydrogen-bond donors (Lipinski definition) is 0. The van der Waals surface area contributed by atoms with Gasteiger partial charge in [-0.2, -0.15) is 0 Å². The van der Waals surface area contributed by atoms with E-state index < -0.39 is 11.6 Å². The summed E-state index contributed by atoms with van der Waals surface area (Å²) < 4.78 is 4.85. The van der Waals surface area contributed by atoms with Crippen molar-refractivity contribution >= 4 is 23.5 Å². The lowest BCUT2D eigenvalue weighted by Crippen LogP contribution is -2.67. The summed E-state index contributed by atoms with van der Waals surface area (Å²) in [5, 5.41) is 0. The molecule has 1 atom stereocenters. The van der Waals surface area contributed by atoms with Crippen LogP contribution in [-0.2, 0) is 14.3 Å². The van der Waals surface area contributed by atoms with E-state index in [1.54, 1.807) is 24.3 Å². The average molecular weight is 274 g/mol. The van der Waals surface area contributed by atoms with Crippen molar-refractivity contribution in [1.82, 2.24) is 4.90 Å². The zero-order chi connectivity index (χ0) is 14.5. The molecule has 1 aromatic carbocycles. The summed E-state index contributed by atoms with van der Waals surface area (Å²) in [6, 6.07) is 6.81. The maximum Gasteiger partial charge on any atom is 0.353 e. The molecule has 0 radical (unpaired) electrons. The van der Waals surface area contributed by atoms with E-state index in [0.29, 0.717) is 11.3 Å². The van der Waals surface area contributed by atoms with Crippen molar-refractivity contribution in [2.24, 2.45) is 0 Å². The number of para-hydroxylation sites is 1. The molecule has 0 aromatic heterocycles. The van der Waals surface area contributed by atoms with Crippen LogP contribution in [0.25, 0.3) is 0 Å². The average Bonchev–Trinajstić information content (AvgIpc) is 2.83. The second-order valence-electron chi connectivity index (χ2n) is 4.92. The summed E-state index contributed by atoms with van der Waals surface area (Å²) in [5.41, 5.74) is -0.453. The van der Waals surface area contributed by atoms with Gasteiger partial charge in [0.1, 0.15) is 0 Å². The predicted octanol–water partition coefficient (Wildman–Crippen LogP) is 0.768. The molecule has 6 heteroatoms. The Bertz CT molecular complexity index is 627. The highest BCUT2D eigenvalue weighted by Crippen LogP contribution is 2.44.